The minimum absolute atomic E-state index is 0.0105. The first-order valence-corrected chi connectivity index (χ1v) is 40.2. The Hall–Kier alpha value is -12.1. The normalized spacial score (nSPS) is 19.7. The van der Waals surface area contributed by atoms with Crippen LogP contribution in [0.4, 0.5) is 30.6 Å². The SMILES string of the molecule is C=CC(=O)N1CCN(c2nc(OC3CN(C)C[C@H]3C)nc3c(Oc4c(Cl)c(F)cc5[nH]ncc45)nccc23)CC1.C=CC(=O)N1CCN(c2nc(OC3CN(C)C[C@H]3C)nc3c(Oc4c(Cl)c(F)cc5[nH]ncc45)nccc23)CC1.C=CC(=O)N1CCN(c2nc(OC3COC[C@H]3N(C)C)nc3c(Oc4c(Cl)c(F)cc5[nH]ncc45)nccc23)CC1. The second kappa shape index (κ2) is 35.3. The highest BCUT2D eigenvalue weighted by Gasteiger charge is 2.37. The van der Waals surface area contributed by atoms with Crippen molar-refractivity contribution in [1.29, 1.82) is 0 Å². The fourth-order valence-electron chi connectivity index (χ4n) is 15.7. The van der Waals surface area contributed by atoms with Gasteiger partial charge < -0.3 is 77.3 Å². The number of hydrogen-bond donors (Lipinski definition) is 3. The topological polar surface area (TPSA) is 347 Å². The highest BCUT2D eigenvalue weighted by Crippen LogP contribution is 2.45. The van der Waals surface area contributed by atoms with Crippen LogP contribution in [0.2, 0.25) is 15.1 Å². The molecule has 6 atom stereocenters. The monoisotopic (exact) mass is 1710 g/mol. The highest BCUT2D eigenvalue weighted by atomic mass is 35.5. The molecule has 6 saturated heterocycles. The number of ether oxygens (including phenoxy) is 7. The van der Waals surface area contributed by atoms with E-state index in [2.05, 4.69) is 104 Å². The van der Waals surface area contributed by atoms with Gasteiger partial charge in [-0.1, -0.05) is 68.4 Å². The quantitative estimate of drug-likeness (QED) is 0.0633. The average Bonchev–Trinajstić information content (AvgIpc) is 1.46. The van der Waals surface area contributed by atoms with Crippen LogP contribution >= 0.6 is 34.8 Å². The number of likely N-dealkylation sites (tertiary alicyclic amines) is 2. The Morgan fingerprint density at radius 2 is 0.777 bits per heavy atom. The summed E-state index contributed by atoms with van der Waals surface area (Å²) in [5.74, 6) is 0.702. The molecule has 3 aromatic carbocycles. The molecular formula is C81H84Cl3F3N24O10. The summed E-state index contributed by atoms with van der Waals surface area (Å²) in [5, 5.41) is 23.1. The number of fused-ring (bicyclic) bond motifs is 6. The number of benzene rings is 3. The third-order valence-electron chi connectivity index (χ3n) is 22.1. The summed E-state index contributed by atoms with van der Waals surface area (Å²) in [4.78, 5) is 96.2. The zero-order valence-corrected chi connectivity index (χ0v) is 69.0. The number of rotatable bonds is 19. The molecule has 0 saturated carbocycles. The molecule has 3 amide bonds. The van der Waals surface area contributed by atoms with E-state index in [4.69, 9.17) is 97.9 Å². The molecule has 3 N–H and O–H groups in total. The number of halogens is 6. The number of piperazine rings is 3. The van der Waals surface area contributed by atoms with E-state index in [1.54, 1.807) is 51.5 Å². The molecule has 0 bridgehead atoms. The zero-order valence-electron chi connectivity index (χ0n) is 66.7. The van der Waals surface area contributed by atoms with E-state index < -0.39 is 17.5 Å². The predicted octanol–water partition coefficient (Wildman–Crippen LogP) is 10.3. The van der Waals surface area contributed by atoms with E-state index in [1.807, 2.05) is 33.1 Å². The van der Waals surface area contributed by atoms with Crippen molar-refractivity contribution in [1.82, 2.24) is 105 Å². The van der Waals surface area contributed by atoms with E-state index in [0.29, 0.717) is 175 Å². The van der Waals surface area contributed by atoms with Crippen molar-refractivity contribution < 1.29 is 60.7 Å². The molecule has 15 heterocycles. The lowest BCUT2D eigenvalue weighted by Crippen LogP contribution is -2.48. The van der Waals surface area contributed by atoms with Crippen LogP contribution in [-0.2, 0) is 19.1 Å². The Morgan fingerprint density at radius 3 is 1.07 bits per heavy atom. The number of aromatic amines is 3. The molecule has 3 unspecified atom stereocenters. The molecule has 0 aliphatic carbocycles. The summed E-state index contributed by atoms with van der Waals surface area (Å²) in [6.07, 6.45) is 12.7. The van der Waals surface area contributed by atoms with E-state index in [-0.39, 0.29) is 122 Å². The number of carbonyl (C=O) groups is 3. The Morgan fingerprint density at radius 1 is 0.463 bits per heavy atom. The van der Waals surface area contributed by atoms with Crippen molar-refractivity contribution in [3.63, 3.8) is 0 Å². The lowest BCUT2D eigenvalue weighted by atomic mass is 10.1. The Balaban J connectivity index is 0.000000135. The summed E-state index contributed by atoms with van der Waals surface area (Å²) in [6, 6.07) is 9.67. The number of likely N-dealkylation sites (N-methyl/N-ethyl adjacent to an activating group) is 3. The van der Waals surface area contributed by atoms with E-state index >= 15 is 0 Å². The minimum atomic E-state index is -0.666. The number of hydrogen-bond acceptors (Lipinski definition) is 28. The van der Waals surface area contributed by atoms with Crippen molar-refractivity contribution in [3.05, 3.63) is 144 Å². The number of carbonyl (C=O) groups excluding carboxylic acids is 3. The molecule has 630 valence electrons. The maximum atomic E-state index is 14.6. The van der Waals surface area contributed by atoms with Crippen molar-refractivity contribution in [2.75, 3.05) is 161 Å². The minimum Gasteiger partial charge on any atom is -0.458 e. The smallest absolute Gasteiger partial charge is 0.319 e. The Kier molecular flexibility index (Phi) is 24.1. The molecule has 6 fully saturated rings. The number of anilines is 3. The van der Waals surface area contributed by atoms with Gasteiger partial charge >= 0.3 is 18.0 Å². The Bertz CT molecular complexity index is 5730. The molecule has 0 spiro atoms. The first kappa shape index (κ1) is 82.6. The van der Waals surface area contributed by atoms with E-state index in [1.165, 1.54) is 55.0 Å². The molecule has 0 radical (unpaired) electrons. The molecule has 18 rings (SSSR count). The van der Waals surface area contributed by atoms with Crippen molar-refractivity contribution in [2.45, 2.75) is 38.2 Å². The highest BCUT2D eigenvalue weighted by molar-refractivity contribution is 6.34. The van der Waals surface area contributed by atoms with Gasteiger partial charge in [0.1, 0.15) is 84.8 Å². The summed E-state index contributed by atoms with van der Waals surface area (Å²) in [7, 11) is 8.01. The molecule has 12 aromatic rings. The number of H-pyrrole nitrogens is 3. The third kappa shape index (κ3) is 17.1. The second-order valence-electron chi connectivity index (χ2n) is 30.3. The molecule has 121 heavy (non-hydrogen) atoms. The van der Waals surface area contributed by atoms with Crippen molar-refractivity contribution in [2.24, 2.45) is 11.8 Å². The van der Waals surface area contributed by atoms with Gasteiger partial charge in [-0.15, -0.1) is 0 Å². The van der Waals surface area contributed by atoms with E-state index in [9.17, 15) is 27.6 Å². The van der Waals surface area contributed by atoms with Gasteiger partial charge in [-0.05, 0) is 64.6 Å². The molecule has 6 aliphatic rings. The van der Waals surface area contributed by atoms with Gasteiger partial charge in [-0.3, -0.25) is 29.7 Å². The largest absolute Gasteiger partial charge is 0.458 e. The maximum Gasteiger partial charge on any atom is 0.319 e. The van der Waals surface area contributed by atoms with Crippen LogP contribution in [0, 0.1) is 29.3 Å². The fraction of sp³-hybridized carbons (Fsp3) is 0.370. The number of aromatic nitrogens is 15. The van der Waals surface area contributed by atoms with Gasteiger partial charge in [0.25, 0.3) is 0 Å². The van der Waals surface area contributed by atoms with Crippen LogP contribution in [0.25, 0.3) is 65.4 Å². The second-order valence-corrected chi connectivity index (χ2v) is 31.4. The number of nitrogens with zero attached hydrogens (tertiary/aromatic N) is 21. The predicted molar refractivity (Wildman–Crippen MR) is 447 cm³/mol. The summed E-state index contributed by atoms with van der Waals surface area (Å²) in [5.41, 5.74) is 2.43. The molecule has 34 nitrogen and oxygen atoms in total. The molecule has 40 heteroatoms. The zero-order chi connectivity index (χ0) is 84.6. The number of amides is 3. The van der Waals surface area contributed by atoms with Crippen LogP contribution < -0.4 is 43.1 Å². The van der Waals surface area contributed by atoms with Crippen LogP contribution in [-0.4, -0.2) is 293 Å². The summed E-state index contributed by atoms with van der Waals surface area (Å²) >= 11 is 19.0. The van der Waals surface area contributed by atoms with Gasteiger partial charge in [0.2, 0.25) is 35.4 Å². The Labute approximate surface area is 705 Å². The van der Waals surface area contributed by atoms with Crippen LogP contribution in [0.3, 0.4) is 0 Å². The van der Waals surface area contributed by atoms with Gasteiger partial charge in [0, 0.05) is 153 Å². The lowest BCUT2D eigenvalue weighted by molar-refractivity contribution is -0.127. The molecule has 9 aromatic heterocycles. The van der Waals surface area contributed by atoms with Gasteiger partial charge in [0.15, 0.2) is 17.2 Å². The van der Waals surface area contributed by atoms with Gasteiger partial charge in [-0.25, -0.2) is 28.1 Å². The van der Waals surface area contributed by atoms with Crippen LogP contribution in [0.1, 0.15) is 13.8 Å². The molecule has 6 aliphatic heterocycles. The summed E-state index contributed by atoms with van der Waals surface area (Å²) in [6.45, 7) is 25.6. The van der Waals surface area contributed by atoms with Crippen LogP contribution in [0.15, 0.2) is 112 Å². The van der Waals surface area contributed by atoms with Gasteiger partial charge in [-0.2, -0.15) is 45.2 Å². The van der Waals surface area contributed by atoms with Crippen molar-refractivity contribution in [3.8, 4) is 52.9 Å². The lowest BCUT2D eigenvalue weighted by Gasteiger charge is -2.35. The first-order chi connectivity index (χ1) is 58.5. The van der Waals surface area contributed by atoms with Gasteiger partial charge in [0.05, 0.1) is 86.7 Å². The summed E-state index contributed by atoms with van der Waals surface area (Å²) < 4.78 is 87.0. The number of nitrogens with one attached hydrogen (secondary N) is 3. The number of pyridine rings is 3. The van der Waals surface area contributed by atoms with Crippen molar-refractivity contribution >= 4 is 135 Å². The van der Waals surface area contributed by atoms with Crippen LogP contribution in [0.5, 0.6) is 52.9 Å². The fourth-order valence-corrected chi connectivity index (χ4v) is 16.3. The van der Waals surface area contributed by atoms with E-state index in [0.717, 1.165) is 26.2 Å². The third-order valence-corrected chi connectivity index (χ3v) is 23.1. The standard InChI is InChI=1S/C27H28ClFN8O4.2C27H28ClFN8O3/c1-4-21(38)36-7-9-37(10-8-36)25-15-5-6-30-26(41-24-16-12-31-34-18(16)11-17(29)22(24)28)23(15)32-27(33-25)40-20-14-39-13-19(20)35(2)3;2*1-4-21(38)36-7-9-37(10-8-36)25-16-5-6-30-26(40-24-17-12-31-34-19(17)11-18(29)22(24)28)23(16)32-27(33-25)39-20-14-35(3)13-15(20)2/h4-6,11-12,19-20H,1,7-10,13-14H2,2-3H3,(H,31,34);2*4-6,11-12,15,20H,1,7-10,13-14H2,2-3H3,(H,31,34)/t19-,20?;2*15-,20?/m111/s1. The maximum absolute atomic E-state index is 14.6. The molecular weight excluding hydrogens is 1630 g/mol. The first-order valence-electron chi connectivity index (χ1n) is 39.0. The average molecular weight is 1720 g/mol.